The van der Waals surface area contributed by atoms with Crippen LogP contribution < -0.4 is 0 Å². The average molecular weight is 266 g/mol. The first-order valence-corrected chi connectivity index (χ1v) is 6.98. The van der Waals surface area contributed by atoms with Crippen LogP contribution in [0.25, 0.3) is 0 Å². The van der Waals surface area contributed by atoms with Crippen LogP contribution in [-0.2, 0) is 5.60 Å². The fourth-order valence-corrected chi connectivity index (χ4v) is 2.97. The van der Waals surface area contributed by atoms with Crippen LogP contribution in [0, 0.1) is 11.8 Å². The topological polar surface area (TPSA) is 70.7 Å². The standard InChI is InChI=1S/C15H22O4/c1-10(2)11-4-3-8-15(18,9-7-11)13-6-5-12(19-13)14(16)17/h5-6,10-11,18H,3-4,7-9H2,1-2H3,(H,16,17). The molecule has 1 saturated carbocycles. The number of carbonyl (C=O) groups is 1. The van der Waals surface area contributed by atoms with E-state index in [1.807, 2.05) is 0 Å². The molecule has 2 unspecified atom stereocenters. The molecular formula is C15H22O4. The Balaban J connectivity index is 2.15. The molecule has 2 rings (SSSR count). The third-order valence-corrected chi connectivity index (χ3v) is 4.31. The predicted molar refractivity (Wildman–Crippen MR) is 71.0 cm³/mol. The third-order valence-electron chi connectivity index (χ3n) is 4.31. The Kier molecular flexibility index (Phi) is 3.99. The highest BCUT2D eigenvalue weighted by Gasteiger charge is 2.36. The Morgan fingerprint density at radius 1 is 1.37 bits per heavy atom. The van der Waals surface area contributed by atoms with Crippen LogP contribution in [0.4, 0.5) is 0 Å². The van der Waals surface area contributed by atoms with E-state index in [1.165, 1.54) is 6.07 Å². The summed E-state index contributed by atoms with van der Waals surface area (Å²) in [5.74, 6) is 0.447. The van der Waals surface area contributed by atoms with Gasteiger partial charge in [0.15, 0.2) is 0 Å². The highest BCUT2D eigenvalue weighted by Crippen LogP contribution is 2.40. The first-order chi connectivity index (χ1) is 8.92. The molecule has 19 heavy (non-hydrogen) atoms. The van der Waals surface area contributed by atoms with Crippen molar-refractivity contribution in [3.8, 4) is 0 Å². The van der Waals surface area contributed by atoms with E-state index in [9.17, 15) is 9.90 Å². The van der Waals surface area contributed by atoms with Gasteiger partial charge in [0.1, 0.15) is 11.4 Å². The van der Waals surface area contributed by atoms with Crippen molar-refractivity contribution in [2.45, 2.75) is 51.6 Å². The Morgan fingerprint density at radius 3 is 2.68 bits per heavy atom. The first-order valence-electron chi connectivity index (χ1n) is 6.98. The minimum Gasteiger partial charge on any atom is -0.475 e. The fraction of sp³-hybridized carbons (Fsp3) is 0.667. The highest BCUT2D eigenvalue weighted by molar-refractivity contribution is 5.84. The fourth-order valence-electron chi connectivity index (χ4n) is 2.97. The van der Waals surface area contributed by atoms with E-state index in [0.717, 1.165) is 19.3 Å². The molecule has 1 heterocycles. The second kappa shape index (κ2) is 5.37. The number of aliphatic hydroxyl groups is 1. The van der Waals surface area contributed by atoms with Crippen LogP contribution in [0.5, 0.6) is 0 Å². The molecular weight excluding hydrogens is 244 g/mol. The van der Waals surface area contributed by atoms with Crippen LogP contribution in [-0.4, -0.2) is 16.2 Å². The van der Waals surface area contributed by atoms with Gasteiger partial charge in [-0.1, -0.05) is 20.3 Å². The summed E-state index contributed by atoms with van der Waals surface area (Å²) in [6, 6.07) is 3.01. The molecule has 0 radical (unpaired) electrons. The van der Waals surface area contributed by atoms with Crippen molar-refractivity contribution in [3.05, 3.63) is 23.7 Å². The Morgan fingerprint density at radius 2 is 2.11 bits per heavy atom. The van der Waals surface area contributed by atoms with E-state index < -0.39 is 11.6 Å². The second-order valence-electron chi connectivity index (χ2n) is 5.94. The van der Waals surface area contributed by atoms with Crippen LogP contribution >= 0.6 is 0 Å². The number of aromatic carboxylic acids is 1. The maximum absolute atomic E-state index is 10.8. The summed E-state index contributed by atoms with van der Waals surface area (Å²) in [7, 11) is 0. The summed E-state index contributed by atoms with van der Waals surface area (Å²) in [5.41, 5.74) is -1.00. The van der Waals surface area contributed by atoms with Gasteiger partial charge in [-0.05, 0) is 49.7 Å². The number of furan rings is 1. The molecule has 0 bridgehead atoms. The zero-order chi connectivity index (χ0) is 14.0. The lowest BCUT2D eigenvalue weighted by atomic mass is 9.87. The van der Waals surface area contributed by atoms with E-state index >= 15 is 0 Å². The van der Waals surface area contributed by atoms with E-state index in [-0.39, 0.29) is 5.76 Å². The van der Waals surface area contributed by atoms with Crippen molar-refractivity contribution in [2.24, 2.45) is 11.8 Å². The van der Waals surface area contributed by atoms with Crippen molar-refractivity contribution >= 4 is 5.97 Å². The van der Waals surface area contributed by atoms with Gasteiger partial charge in [0.05, 0.1) is 0 Å². The summed E-state index contributed by atoms with van der Waals surface area (Å²) in [4.78, 5) is 10.8. The predicted octanol–water partition coefficient (Wildman–Crippen LogP) is 3.40. The summed E-state index contributed by atoms with van der Waals surface area (Å²) in [5, 5.41) is 19.6. The van der Waals surface area contributed by atoms with Gasteiger partial charge in [-0.25, -0.2) is 4.79 Å². The van der Waals surface area contributed by atoms with E-state index in [1.54, 1.807) is 6.07 Å². The molecule has 0 spiro atoms. The molecule has 4 heteroatoms. The van der Waals surface area contributed by atoms with Crippen molar-refractivity contribution in [1.82, 2.24) is 0 Å². The van der Waals surface area contributed by atoms with Gasteiger partial charge in [-0.15, -0.1) is 0 Å². The van der Waals surface area contributed by atoms with Crippen molar-refractivity contribution in [3.63, 3.8) is 0 Å². The quantitative estimate of drug-likeness (QED) is 0.822. The lowest BCUT2D eigenvalue weighted by Gasteiger charge is -2.24. The van der Waals surface area contributed by atoms with E-state index in [2.05, 4.69) is 13.8 Å². The minimum atomic E-state index is -1.09. The minimum absolute atomic E-state index is 0.104. The van der Waals surface area contributed by atoms with Gasteiger partial charge in [-0.2, -0.15) is 0 Å². The number of carboxylic acid groups (broad SMARTS) is 1. The smallest absolute Gasteiger partial charge is 0.371 e. The zero-order valence-electron chi connectivity index (χ0n) is 11.6. The maximum Gasteiger partial charge on any atom is 0.371 e. The molecule has 0 aliphatic heterocycles. The molecule has 4 nitrogen and oxygen atoms in total. The van der Waals surface area contributed by atoms with Crippen LogP contribution in [0.3, 0.4) is 0 Å². The summed E-state index contributed by atoms with van der Waals surface area (Å²) >= 11 is 0. The SMILES string of the molecule is CC(C)C1CCCC(O)(c2ccc(C(=O)O)o2)CC1. The Bertz CT molecular complexity index is 449. The molecule has 1 aliphatic rings. The van der Waals surface area contributed by atoms with Gasteiger partial charge in [0, 0.05) is 0 Å². The highest BCUT2D eigenvalue weighted by atomic mass is 16.4. The summed E-state index contributed by atoms with van der Waals surface area (Å²) in [6.07, 6.45) is 4.30. The molecule has 106 valence electrons. The van der Waals surface area contributed by atoms with E-state index in [4.69, 9.17) is 9.52 Å². The lowest BCUT2D eigenvalue weighted by Crippen LogP contribution is -2.24. The average Bonchev–Trinajstić information content (AvgIpc) is 2.75. The molecule has 0 amide bonds. The van der Waals surface area contributed by atoms with Crippen LogP contribution in [0.1, 0.15) is 62.3 Å². The van der Waals surface area contributed by atoms with E-state index in [0.29, 0.717) is 30.4 Å². The molecule has 1 aromatic rings. The molecule has 2 N–H and O–H groups in total. The largest absolute Gasteiger partial charge is 0.475 e. The molecule has 1 aromatic heterocycles. The van der Waals surface area contributed by atoms with Gasteiger partial charge in [-0.3, -0.25) is 0 Å². The van der Waals surface area contributed by atoms with Gasteiger partial charge >= 0.3 is 5.97 Å². The number of hydrogen-bond acceptors (Lipinski definition) is 3. The lowest BCUT2D eigenvalue weighted by molar-refractivity contribution is -0.00283. The number of carboxylic acids is 1. The summed E-state index contributed by atoms with van der Waals surface area (Å²) < 4.78 is 5.29. The van der Waals surface area contributed by atoms with Crippen LogP contribution in [0.2, 0.25) is 0 Å². The number of hydrogen-bond donors (Lipinski definition) is 2. The molecule has 0 saturated heterocycles. The normalized spacial score (nSPS) is 28.3. The zero-order valence-corrected chi connectivity index (χ0v) is 11.6. The Labute approximate surface area is 113 Å². The molecule has 1 fully saturated rings. The number of rotatable bonds is 3. The van der Waals surface area contributed by atoms with Crippen molar-refractivity contribution in [1.29, 1.82) is 0 Å². The van der Waals surface area contributed by atoms with Crippen molar-refractivity contribution < 1.29 is 19.4 Å². The molecule has 0 aromatic carbocycles. The van der Waals surface area contributed by atoms with Gasteiger partial charge < -0.3 is 14.6 Å². The van der Waals surface area contributed by atoms with Crippen molar-refractivity contribution in [2.75, 3.05) is 0 Å². The first kappa shape index (κ1) is 14.1. The second-order valence-corrected chi connectivity index (χ2v) is 5.94. The summed E-state index contributed by atoms with van der Waals surface area (Å²) in [6.45, 7) is 4.43. The van der Waals surface area contributed by atoms with Gasteiger partial charge in [0.2, 0.25) is 5.76 Å². The monoisotopic (exact) mass is 266 g/mol. The molecule has 1 aliphatic carbocycles. The third kappa shape index (κ3) is 3.00. The maximum atomic E-state index is 10.8. The van der Waals surface area contributed by atoms with Crippen LogP contribution in [0.15, 0.2) is 16.5 Å². The van der Waals surface area contributed by atoms with Gasteiger partial charge in [0.25, 0.3) is 0 Å². The molecule has 2 atom stereocenters. The Hall–Kier alpha value is -1.29.